The number of nitrogens with zero attached hydrogens (tertiary/aromatic N) is 3. The number of ether oxygens (including phenoxy) is 1. The lowest BCUT2D eigenvalue weighted by Gasteiger charge is -2.39. The van der Waals surface area contributed by atoms with Crippen molar-refractivity contribution < 1.29 is 27.5 Å². The van der Waals surface area contributed by atoms with E-state index in [0.717, 1.165) is 6.07 Å². The molecule has 2 N–H and O–H groups in total. The van der Waals surface area contributed by atoms with Crippen molar-refractivity contribution in [1.82, 2.24) is 21.0 Å². The highest BCUT2D eigenvalue weighted by molar-refractivity contribution is 5.93. The summed E-state index contributed by atoms with van der Waals surface area (Å²) in [6.45, 7) is 1.90. The fraction of sp³-hybridized carbons (Fsp3) is 0.294. The van der Waals surface area contributed by atoms with Crippen molar-refractivity contribution in [2.24, 2.45) is 0 Å². The van der Waals surface area contributed by atoms with Crippen molar-refractivity contribution in [3.05, 3.63) is 47.7 Å². The first-order valence-electron chi connectivity index (χ1n) is 8.22. The van der Waals surface area contributed by atoms with Gasteiger partial charge in [-0.25, -0.2) is 0 Å². The molecular weight excluding hydrogens is 379 g/mol. The fourth-order valence-electron chi connectivity index (χ4n) is 2.51. The van der Waals surface area contributed by atoms with Gasteiger partial charge < -0.3 is 9.64 Å². The van der Waals surface area contributed by atoms with Crippen LogP contribution in [-0.4, -0.2) is 41.2 Å². The Labute approximate surface area is 157 Å². The molecule has 2 aromatic rings. The Kier molecular flexibility index (Phi) is 5.34. The summed E-state index contributed by atoms with van der Waals surface area (Å²) >= 11 is 0. The zero-order valence-electron chi connectivity index (χ0n) is 14.7. The van der Waals surface area contributed by atoms with Crippen LogP contribution in [-0.2, 0) is 11.0 Å². The molecule has 2 heterocycles. The molecule has 2 amide bonds. The van der Waals surface area contributed by atoms with Gasteiger partial charge in [0.25, 0.3) is 5.91 Å². The number of aromatic nitrogens is 2. The number of carbonyl (C=O) groups excluding carboxylic acids is 2. The molecule has 1 saturated heterocycles. The van der Waals surface area contributed by atoms with Crippen molar-refractivity contribution in [3.8, 4) is 5.75 Å². The first-order valence-corrected chi connectivity index (χ1v) is 8.22. The number of alkyl halides is 3. The van der Waals surface area contributed by atoms with Crippen LogP contribution < -0.4 is 20.5 Å². The molecule has 1 fully saturated rings. The first kappa shape index (κ1) is 19.4. The van der Waals surface area contributed by atoms with Gasteiger partial charge in [0.05, 0.1) is 18.7 Å². The molecule has 148 valence electrons. The number of amides is 2. The minimum absolute atomic E-state index is 0.00456. The number of anilines is 1. The van der Waals surface area contributed by atoms with E-state index in [1.165, 1.54) is 31.2 Å². The quantitative estimate of drug-likeness (QED) is 0.763. The molecule has 8 nitrogen and oxygen atoms in total. The van der Waals surface area contributed by atoms with Gasteiger partial charge >= 0.3 is 6.18 Å². The Hall–Kier alpha value is -3.37. The smallest absolute Gasteiger partial charge is 0.419 e. The molecule has 1 aromatic carbocycles. The molecule has 0 spiro atoms. The predicted molar refractivity (Wildman–Crippen MR) is 91.4 cm³/mol. The number of rotatable bonds is 4. The molecule has 3 rings (SSSR count). The van der Waals surface area contributed by atoms with Gasteiger partial charge in [0.1, 0.15) is 11.9 Å². The van der Waals surface area contributed by atoms with Gasteiger partial charge in [-0.2, -0.15) is 13.2 Å². The molecule has 0 aliphatic carbocycles. The molecular formula is C17H16F3N5O3. The summed E-state index contributed by atoms with van der Waals surface area (Å²) in [5.41, 5.74) is 3.48. The topological polar surface area (TPSA) is 96.5 Å². The average molecular weight is 395 g/mol. The lowest BCUT2D eigenvalue weighted by molar-refractivity contribution is -0.139. The van der Waals surface area contributed by atoms with Gasteiger partial charge in [-0.05, 0) is 24.3 Å². The Morgan fingerprint density at radius 3 is 2.43 bits per heavy atom. The summed E-state index contributed by atoms with van der Waals surface area (Å²) in [6.07, 6.45) is -4.91. The second-order valence-electron chi connectivity index (χ2n) is 6.05. The van der Waals surface area contributed by atoms with E-state index in [0.29, 0.717) is 18.9 Å². The lowest BCUT2D eigenvalue weighted by Crippen LogP contribution is -2.54. The van der Waals surface area contributed by atoms with Crippen LogP contribution in [0.3, 0.4) is 0 Å². The summed E-state index contributed by atoms with van der Waals surface area (Å²) in [6, 6.07) is 8.02. The summed E-state index contributed by atoms with van der Waals surface area (Å²) in [5.74, 6) is -0.810. The minimum Gasteiger partial charge on any atom is -0.486 e. The van der Waals surface area contributed by atoms with Crippen LogP contribution in [0.4, 0.5) is 19.0 Å². The Bertz CT molecular complexity index is 867. The molecule has 0 atom stereocenters. The minimum atomic E-state index is -4.49. The number of hydrogen-bond acceptors (Lipinski definition) is 6. The van der Waals surface area contributed by atoms with Crippen LogP contribution in [0.2, 0.25) is 0 Å². The van der Waals surface area contributed by atoms with E-state index >= 15 is 0 Å². The number of benzene rings is 1. The van der Waals surface area contributed by atoms with E-state index in [1.54, 1.807) is 11.0 Å². The highest BCUT2D eigenvalue weighted by Gasteiger charge is 2.36. The molecule has 0 saturated carbocycles. The molecule has 28 heavy (non-hydrogen) atoms. The van der Waals surface area contributed by atoms with Gasteiger partial charge in [-0.3, -0.25) is 20.4 Å². The first-order chi connectivity index (χ1) is 13.2. The third kappa shape index (κ3) is 4.48. The van der Waals surface area contributed by atoms with Crippen molar-refractivity contribution in [2.45, 2.75) is 19.2 Å². The Morgan fingerprint density at radius 2 is 1.82 bits per heavy atom. The molecule has 0 bridgehead atoms. The fourth-order valence-corrected chi connectivity index (χ4v) is 2.51. The third-order valence-electron chi connectivity index (χ3n) is 3.89. The van der Waals surface area contributed by atoms with Gasteiger partial charge in [0.2, 0.25) is 5.91 Å². The zero-order chi connectivity index (χ0) is 20.3. The second kappa shape index (κ2) is 7.71. The number of carbonyl (C=O) groups is 2. The van der Waals surface area contributed by atoms with E-state index in [2.05, 4.69) is 21.0 Å². The number of nitrogens with one attached hydrogen (secondary N) is 2. The van der Waals surface area contributed by atoms with Gasteiger partial charge in [0, 0.05) is 6.92 Å². The second-order valence-corrected chi connectivity index (χ2v) is 6.05. The number of para-hydroxylation sites is 1. The van der Waals surface area contributed by atoms with E-state index in [9.17, 15) is 22.8 Å². The van der Waals surface area contributed by atoms with E-state index in [-0.39, 0.29) is 11.4 Å². The van der Waals surface area contributed by atoms with E-state index in [4.69, 9.17) is 4.74 Å². The molecule has 1 aromatic heterocycles. The van der Waals surface area contributed by atoms with Gasteiger partial charge in [0.15, 0.2) is 11.5 Å². The van der Waals surface area contributed by atoms with Crippen molar-refractivity contribution in [3.63, 3.8) is 0 Å². The average Bonchev–Trinajstić information content (AvgIpc) is 2.62. The highest BCUT2D eigenvalue weighted by Crippen LogP contribution is 2.37. The maximum atomic E-state index is 13.0. The number of hydrazine groups is 1. The molecule has 0 radical (unpaired) electrons. The summed E-state index contributed by atoms with van der Waals surface area (Å²) < 4.78 is 44.5. The van der Waals surface area contributed by atoms with Crippen LogP contribution in [0.15, 0.2) is 36.4 Å². The lowest BCUT2D eigenvalue weighted by atomic mass is 10.1. The molecule has 1 aliphatic rings. The molecule has 11 heteroatoms. The normalized spacial score (nSPS) is 14.2. The third-order valence-corrected chi connectivity index (χ3v) is 3.89. The largest absolute Gasteiger partial charge is 0.486 e. The summed E-state index contributed by atoms with van der Waals surface area (Å²) in [7, 11) is 0. The van der Waals surface area contributed by atoms with E-state index < -0.39 is 29.7 Å². The monoisotopic (exact) mass is 395 g/mol. The molecule has 0 unspecified atom stereocenters. The SMILES string of the molecule is CC(=O)NNC(=O)c1ccc(N2CC(Oc3ccccc3C(F)(F)F)C2)nn1. The van der Waals surface area contributed by atoms with Crippen LogP contribution in [0.25, 0.3) is 0 Å². The van der Waals surface area contributed by atoms with Gasteiger partial charge in [-0.1, -0.05) is 12.1 Å². The van der Waals surface area contributed by atoms with Crippen LogP contribution >= 0.6 is 0 Å². The highest BCUT2D eigenvalue weighted by atomic mass is 19.4. The Balaban J connectivity index is 1.56. The van der Waals surface area contributed by atoms with Crippen molar-refractivity contribution >= 4 is 17.6 Å². The predicted octanol–water partition coefficient (Wildman–Crippen LogP) is 1.54. The summed E-state index contributed by atoms with van der Waals surface area (Å²) in [5, 5.41) is 7.68. The number of hydrogen-bond donors (Lipinski definition) is 2. The number of halogens is 3. The summed E-state index contributed by atoms with van der Waals surface area (Å²) in [4.78, 5) is 24.2. The van der Waals surface area contributed by atoms with Crippen LogP contribution in [0.1, 0.15) is 23.0 Å². The maximum absolute atomic E-state index is 13.0. The van der Waals surface area contributed by atoms with Crippen LogP contribution in [0.5, 0.6) is 5.75 Å². The zero-order valence-corrected chi connectivity index (χ0v) is 14.7. The Morgan fingerprint density at radius 1 is 1.11 bits per heavy atom. The van der Waals surface area contributed by atoms with Crippen molar-refractivity contribution in [1.29, 1.82) is 0 Å². The van der Waals surface area contributed by atoms with Crippen molar-refractivity contribution in [2.75, 3.05) is 18.0 Å². The van der Waals surface area contributed by atoms with E-state index in [1.807, 2.05) is 0 Å². The standard InChI is InChI=1S/C17H16F3N5O3/c1-10(26)21-24-16(27)13-6-7-15(23-22-13)25-8-11(9-25)28-14-5-3-2-4-12(14)17(18,19)20/h2-7,11H,8-9H2,1H3,(H,21,26)(H,24,27). The maximum Gasteiger partial charge on any atom is 0.419 e. The van der Waals surface area contributed by atoms with Crippen LogP contribution in [0, 0.1) is 0 Å². The van der Waals surface area contributed by atoms with Gasteiger partial charge in [-0.15, -0.1) is 10.2 Å². The molecule has 1 aliphatic heterocycles.